The maximum Gasteiger partial charge on any atom is 0.279 e. The van der Waals surface area contributed by atoms with E-state index in [1.807, 2.05) is 6.07 Å². The SMILES string of the molecule is C=NC(=O)c1cnc(N)c2cc(Br)sc12. The van der Waals surface area contributed by atoms with Crippen LogP contribution in [0.5, 0.6) is 0 Å². The number of halogens is 1. The molecule has 0 atom stereocenters. The van der Waals surface area contributed by atoms with Crippen LogP contribution in [-0.4, -0.2) is 17.6 Å². The van der Waals surface area contributed by atoms with Crippen LogP contribution in [0.3, 0.4) is 0 Å². The fraction of sp³-hybridized carbons (Fsp3) is 0. The normalized spacial score (nSPS) is 10.5. The quantitative estimate of drug-likeness (QED) is 0.818. The van der Waals surface area contributed by atoms with Crippen LogP contribution < -0.4 is 5.73 Å². The fourth-order valence-electron chi connectivity index (χ4n) is 1.25. The molecule has 0 saturated carbocycles. The highest BCUT2D eigenvalue weighted by Gasteiger charge is 2.13. The summed E-state index contributed by atoms with van der Waals surface area (Å²) < 4.78 is 1.68. The summed E-state index contributed by atoms with van der Waals surface area (Å²) in [6, 6.07) is 1.84. The molecule has 0 aliphatic carbocycles. The third-order valence-electron chi connectivity index (χ3n) is 1.93. The van der Waals surface area contributed by atoms with Crippen molar-refractivity contribution in [1.82, 2.24) is 4.98 Å². The molecule has 2 aromatic rings. The molecule has 0 fully saturated rings. The molecular formula is C9H6BrN3OS. The minimum absolute atomic E-state index is 0.387. The van der Waals surface area contributed by atoms with Gasteiger partial charge in [0.1, 0.15) is 5.82 Å². The first-order valence-electron chi connectivity index (χ1n) is 3.98. The molecule has 0 radical (unpaired) electrons. The van der Waals surface area contributed by atoms with E-state index in [-0.39, 0.29) is 5.91 Å². The molecule has 6 heteroatoms. The maximum absolute atomic E-state index is 11.4. The van der Waals surface area contributed by atoms with Gasteiger partial charge in [0.15, 0.2) is 0 Å². The molecule has 15 heavy (non-hydrogen) atoms. The molecule has 0 aliphatic rings. The van der Waals surface area contributed by atoms with Gasteiger partial charge in [-0.1, -0.05) is 0 Å². The Kier molecular flexibility index (Phi) is 2.54. The number of aromatic nitrogens is 1. The highest BCUT2D eigenvalue weighted by Crippen LogP contribution is 2.34. The van der Waals surface area contributed by atoms with E-state index in [9.17, 15) is 4.79 Å². The first-order chi connectivity index (χ1) is 7.13. The van der Waals surface area contributed by atoms with Crippen molar-refractivity contribution in [2.45, 2.75) is 0 Å². The smallest absolute Gasteiger partial charge is 0.279 e. The van der Waals surface area contributed by atoms with Gasteiger partial charge in [-0.15, -0.1) is 11.3 Å². The van der Waals surface area contributed by atoms with Crippen molar-refractivity contribution in [3.05, 3.63) is 21.6 Å². The molecule has 0 aliphatic heterocycles. The molecule has 1 amide bonds. The minimum Gasteiger partial charge on any atom is -0.383 e. The van der Waals surface area contributed by atoms with Gasteiger partial charge in [-0.25, -0.2) is 9.98 Å². The molecular weight excluding hydrogens is 278 g/mol. The summed E-state index contributed by atoms with van der Waals surface area (Å²) in [5, 5.41) is 0.765. The molecule has 4 nitrogen and oxygen atoms in total. The van der Waals surface area contributed by atoms with Crippen molar-refractivity contribution < 1.29 is 4.79 Å². The Morgan fingerprint density at radius 3 is 3.07 bits per heavy atom. The van der Waals surface area contributed by atoms with Gasteiger partial charge in [-0.2, -0.15) is 0 Å². The fourth-order valence-corrected chi connectivity index (χ4v) is 2.86. The number of amides is 1. The maximum atomic E-state index is 11.4. The number of rotatable bonds is 1. The van der Waals surface area contributed by atoms with Crippen LogP contribution in [0.15, 0.2) is 21.0 Å². The Balaban J connectivity index is 2.82. The van der Waals surface area contributed by atoms with Gasteiger partial charge in [0, 0.05) is 11.6 Å². The van der Waals surface area contributed by atoms with E-state index in [2.05, 4.69) is 32.6 Å². The largest absolute Gasteiger partial charge is 0.383 e. The third-order valence-corrected chi connectivity index (χ3v) is 3.60. The van der Waals surface area contributed by atoms with Crippen molar-refractivity contribution in [1.29, 1.82) is 0 Å². The lowest BCUT2D eigenvalue weighted by Gasteiger charge is -1.99. The summed E-state index contributed by atoms with van der Waals surface area (Å²) in [6.07, 6.45) is 1.43. The van der Waals surface area contributed by atoms with E-state index < -0.39 is 0 Å². The molecule has 0 unspecified atom stereocenters. The topological polar surface area (TPSA) is 68.3 Å². The summed E-state index contributed by atoms with van der Waals surface area (Å²) in [5.74, 6) is 0.0226. The molecule has 0 saturated heterocycles. The van der Waals surface area contributed by atoms with Gasteiger partial charge in [-0.3, -0.25) is 4.79 Å². The second-order valence-corrected chi connectivity index (χ2v) is 5.25. The lowest BCUT2D eigenvalue weighted by Crippen LogP contribution is -1.98. The number of carbonyl (C=O) groups is 1. The summed E-state index contributed by atoms with van der Waals surface area (Å²) in [4.78, 5) is 18.7. The number of nitrogens with two attached hydrogens (primary N) is 1. The second-order valence-electron chi connectivity index (χ2n) is 2.81. The lowest BCUT2D eigenvalue weighted by molar-refractivity contribution is 0.101. The number of hydrogen-bond donors (Lipinski definition) is 1. The Morgan fingerprint density at radius 1 is 1.67 bits per heavy atom. The number of fused-ring (bicyclic) bond motifs is 1. The number of carbonyl (C=O) groups excluding carboxylic acids is 1. The molecule has 2 aromatic heterocycles. The Labute approximate surface area is 98.0 Å². The predicted molar refractivity (Wildman–Crippen MR) is 65.6 cm³/mol. The second kappa shape index (κ2) is 3.71. The molecule has 0 bridgehead atoms. The zero-order valence-corrected chi connectivity index (χ0v) is 9.93. The van der Waals surface area contributed by atoms with Gasteiger partial charge in [0.2, 0.25) is 0 Å². The van der Waals surface area contributed by atoms with Crippen LogP contribution in [0.2, 0.25) is 0 Å². The van der Waals surface area contributed by atoms with Crippen LogP contribution in [-0.2, 0) is 0 Å². The van der Waals surface area contributed by atoms with E-state index >= 15 is 0 Å². The van der Waals surface area contributed by atoms with E-state index in [1.165, 1.54) is 17.5 Å². The molecule has 0 spiro atoms. The van der Waals surface area contributed by atoms with Gasteiger partial charge < -0.3 is 5.73 Å². The predicted octanol–water partition coefficient (Wildman–Crippen LogP) is 2.48. The van der Waals surface area contributed by atoms with Crippen molar-refractivity contribution in [2.75, 3.05) is 5.73 Å². The zero-order valence-electron chi connectivity index (χ0n) is 7.53. The number of thiophene rings is 1. The Hall–Kier alpha value is -1.27. The van der Waals surface area contributed by atoms with E-state index in [0.29, 0.717) is 11.4 Å². The highest BCUT2D eigenvalue weighted by atomic mass is 79.9. The molecule has 2 heterocycles. The average Bonchev–Trinajstić information content (AvgIpc) is 2.60. The van der Waals surface area contributed by atoms with Crippen molar-refractivity contribution >= 4 is 55.8 Å². The number of pyridine rings is 1. The van der Waals surface area contributed by atoms with E-state index in [4.69, 9.17) is 5.73 Å². The summed E-state index contributed by atoms with van der Waals surface area (Å²) in [6.45, 7) is 3.21. The lowest BCUT2D eigenvalue weighted by atomic mass is 10.2. The zero-order chi connectivity index (χ0) is 11.0. The van der Waals surface area contributed by atoms with E-state index in [0.717, 1.165) is 13.9 Å². The number of aliphatic imine (C=N–C) groups is 1. The van der Waals surface area contributed by atoms with Gasteiger partial charge in [0.25, 0.3) is 5.91 Å². The molecule has 2 rings (SSSR count). The van der Waals surface area contributed by atoms with Crippen LogP contribution in [0.25, 0.3) is 10.1 Å². The monoisotopic (exact) mass is 283 g/mol. The minimum atomic E-state index is -0.387. The molecule has 2 N–H and O–H groups in total. The first kappa shape index (κ1) is 10.3. The standard InChI is InChI=1S/C9H6BrN3OS/c1-12-9(14)5-3-13-8(11)4-2-6(10)15-7(4)5/h2-3H,1H2,(H2,11,13). The summed E-state index contributed by atoms with van der Waals surface area (Å²) in [5.41, 5.74) is 6.13. The third kappa shape index (κ3) is 1.66. The summed E-state index contributed by atoms with van der Waals surface area (Å²) >= 11 is 4.77. The van der Waals surface area contributed by atoms with E-state index in [1.54, 1.807) is 0 Å². The average molecular weight is 284 g/mol. The molecule has 76 valence electrons. The van der Waals surface area contributed by atoms with Crippen LogP contribution in [0, 0.1) is 0 Å². The van der Waals surface area contributed by atoms with Gasteiger partial charge in [-0.05, 0) is 28.7 Å². The molecule has 0 aromatic carbocycles. The van der Waals surface area contributed by atoms with Crippen molar-refractivity contribution in [3.63, 3.8) is 0 Å². The Bertz CT molecular complexity index is 564. The summed E-state index contributed by atoms with van der Waals surface area (Å²) in [7, 11) is 0. The van der Waals surface area contributed by atoms with Crippen LogP contribution in [0.1, 0.15) is 10.4 Å². The van der Waals surface area contributed by atoms with Crippen molar-refractivity contribution in [3.8, 4) is 0 Å². The Morgan fingerprint density at radius 2 is 2.40 bits per heavy atom. The van der Waals surface area contributed by atoms with Gasteiger partial charge >= 0.3 is 0 Å². The van der Waals surface area contributed by atoms with Crippen molar-refractivity contribution in [2.24, 2.45) is 4.99 Å². The number of hydrogen-bond acceptors (Lipinski definition) is 4. The van der Waals surface area contributed by atoms with Crippen LogP contribution in [0.4, 0.5) is 5.82 Å². The number of nitrogens with zero attached hydrogens (tertiary/aromatic N) is 2. The highest BCUT2D eigenvalue weighted by molar-refractivity contribution is 9.11. The first-order valence-corrected chi connectivity index (χ1v) is 5.59. The number of anilines is 1. The number of nitrogen functional groups attached to an aromatic ring is 1. The van der Waals surface area contributed by atoms with Crippen LogP contribution >= 0.6 is 27.3 Å². The van der Waals surface area contributed by atoms with Gasteiger partial charge in [0.05, 0.1) is 14.0 Å².